The molecule has 0 unspecified atom stereocenters. The third-order valence-corrected chi connectivity index (χ3v) is 3.28. The summed E-state index contributed by atoms with van der Waals surface area (Å²) in [6.45, 7) is 6.99. The molecule has 0 saturated carbocycles. The van der Waals surface area contributed by atoms with Crippen LogP contribution in [0.5, 0.6) is 0 Å². The van der Waals surface area contributed by atoms with Gasteiger partial charge in [-0.2, -0.15) is 0 Å². The number of likely N-dealkylation sites (tertiary alicyclic amines) is 1. The predicted octanol–water partition coefficient (Wildman–Crippen LogP) is 0.217. The second-order valence-electron chi connectivity index (χ2n) is 5.36. The van der Waals surface area contributed by atoms with Crippen LogP contribution in [0.4, 0.5) is 0 Å². The molecule has 1 aliphatic heterocycles. The molecule has 18 heavy (non-hydrogen) atoms. The average Bonchev–Trinajstić information content (AvgIpc) is 2.36. The number of hydrogen-bond donors (Lipinski definition) is 2. The first-order valence-electron chi connectivity index (χ1n) is 6.73. The van der Waals surface area contributed by atoms with E-state index in [0.29, 0.717) is 12.5 Å². The third kappa shape index (κ3) is 5.04. The number of rotatable bonds is 5. The van der Waals surface area contributed by atoms with Crippen molar-refractivity contribution in [3.63, 3.8) is 0 Å². The lowest BCUT2D eigenvalue weighted by Crippen LogP contribution is -2.44. The number of carbonyl (C=O) groups excluding carboxylic acids is 2. The van der Waals surface area contributed by atoms with Crippen LogP contribution in [0.3, 0.4) is 0 Å². The Hall–Kier alpha value is -1.10. The van der Waals surface area contributed by atoms with Crippen molar-refractivity contribution in [1.82, 2.24) is 15.5 Å². The molecule has 1 heterocycles. The van der Waals surface area contributed by atoms with Gasteiger partial charge >= 0.3 is 0 Å². The highest BCUT2D eigenvalue weighted by Gasteiger charge is 2.24. The maximum absolute atomic E-state index is 11.7. The van der Waals surface area contributed by atoms with Gasteiger partial charge in [0.2, 0.25) is 11.8 Å². The molecule has 0 aromatic heterocycles. The van der Waals surface area contributed by atoms with E-state index in [1.54, 1.807) is 7.05 Å². The number of nitrogens with zero attached hydrogens (tertiary/aromatic N) is 1. The third-order valence-electron chi connectivity index (χ3n) is 3.28. The Morgan fingerprint density at radius 3 is 2.39 bits per heavy atom. The molecule has 0 aliphatic carbocycles. The molecule has 5 heteroatoms. The number of nitrogens with one attached hydrogen (secondary N) is 2. The van der Waals surface area contributed by atoms with E-state index < -0.39 is 0 Å². The lowest BCUT2D eigenvalue weighted by Gasteiger charge is -2.30. The van der Waals surface area contributed by atoms with E-state index in [0.717, 1.165) is 32.5 Å². The van der Waals surface area contributed by atoms with Crippen molar-refractivity contribution in [2.45, 2.75) is 26.7 Å². The second kappa shape index (κ2) is 7.36. The smallest absolute Gasteiger partial charge is 0.234 e. The maximum atomic E-state index is 11.7. The van der Waals surface area contributed by atoms with E-state index >= 15 is 0 Å². The quantitative estimate of drug-likeness (QED) is 0.738. The van der Waals surface area contributed by atoms with Crippen LogP contribution in [0, 0.1) is 11.8 Å². The first-order chi connectivity index (χ1) is 8.52. The molecule has 104 valence electrons. The molecule has 1 rings (SSSR count). The first kappa shape index (κ1) is 15.0. The lowest BCUT2D eigenvalue weighted by atomic mass is 9.96. The van der Waals surface area contributed by atoms with Crippen LogP contribution >= 0.6 is 0 Å². The molecule has 0 radical (unpaired) electrons. The van der Waals surface area contributed by atoms with Crippen molar-refractivity contribution in [1.29, 1.82) is 0 Å². The second-order valence-corrected chi connectivity index (χ2v) is 5.36. The normalized spacial score (nSPS) is 17.8. The molecule has 2 N–H and O–H groups in total. The average molecular weight is 255 g/mol. The SMILES string of the molecule is CNC(=O)C1CCN(CC(=O)NCC(C)C)CC1. The Bertz CT molecular complexity index is 284. The molecule has 1 saturated heterocycles. The monoisotopic (exact) mass is 255 g/mol. The fourth-order valence-corrected chi connectivity index (χ4v) is 2.13. The van der Waals surface area contributed by atoms with Crippen LogP contribution in [0.15, 0.2) is 0 Å². The molecular weight excluding hydrogens is 230 g/mol. The summed E-state index contributed by atoms with van der Waals surface area (Å²) in [4.78, 5) is 25.2. The first-order valence-corrected chi connectivity index (χ1v) is 6.73. The molecule has 0 atom stereocenters. The molecule has 0 aromatic rings. The van der Waals surface area contributed by atoms with E-state index in [9.17, 15) is 9.59 Å². The Balaban J connectivity index is 2.23. The Labute approximate surface area is 109 Å². The van der Waals surface area contributed by atoms with E-state index in [1.807, 2.05) is 0 Å². The topological polar surface area (TPSA) is 61.4 Å². The summed E-state index contributed by atoms with van der Waals surface area (Å²) >= 11 is 0. The zero-order valence-electron chi connectivity index (χ0n) is 11.7. The van der Waals surface area contributed by atoms with E-state index in [2.05, 4.69) is 29.4 Å². The molecule has 2 amide bonds. The van der Waals surface area contributed by atoms with Crippen LogP contribution in [0.25, 0.3) is 0 Å². The molecule has 5 nitrogen and oxygen atoms in total. The standard InChI is InChI=1S/C13H25N3O2/c1-10(2)8-15-12(17)9-16-6-4-11(5-7-16)13(18)14-3/h10-11H,4-9H2,1-3H3,(H,14,18)(H,15,17). The minimum Gasteiger partial charge on any atom is -0.359 e. The van der Waals surface area contributed by atoms with Gasteiger partial charge in [-0.05, 0) is 31.8 Å². The molecule has 0 bridgehead atoms. The van der Waals surface area contributed by atoms with E-state index in [4.69, 9.17) is 0 Å². The van der Waals surface area contributed by atoms with Crippen molar-refractivity contribution < 1.29 is 9.59 Å². The Morgan fingerprint density at radius 2 is 1.89 bits per heavy atom. The van der Waals surface area contributed by atoms with Gasteiger partial charge in [-0.25, -0.2) is 0 Å². The molecule has 0 spiro atoms. The van der Waals surface area contributed by atoms with Crippen molar-refractivity contribution in [2.75, 3.05) is 33.2 Å². The summed E-state index contributed by atoms with van der Waals surface area (Å²) < 4.78 is 0. The lowest BCUT2D eigenvalue weighted by molar-refractivity contribution is -0.126. The van der Waals surface area contributed by atoms with E-state index in [-0.39, 0.29) is 17.7 Å². The maximum Gasteiger partial charge on any atom is 0.234 e. The number of amides is 2. The highest BCUT2D eigenvalue weighted by atomic mass is 16.2. The van der Waals surface area contributed by atoms with Gasteiger partial charge in [0.05, 0.1) is 6.54 Å². The zero-order chi connectivity index (χ0) is 13.5. The highest BCUT2D eigenvalue weighted by molar-refractivity contribution is 5.79. The number of piperidine rings is 1. The molecule has 1 fully saturated rings. The van der Waals surface area contributed by atoms with Gasteiger partial charge in [-0.3, -0.25) is 14.5 Å². The van der Waals surface area contributed by atoms with Crippen LogP contribution in [-0.2, 0) is 9.59 Å². The summed E-state index contributed by atoms with van der Waals surface area (Å²) in [6.07, 6.45) is 1.69. The van der Waals surface area contributed by atoms with Crippen LogP contribution in [0.1, 0.15) is 26.7 Å². The van der Waals surface area contributed by atoms with Crippen LogP contribution in [-0.4, -0.2) is 49.9 Å². The van der Waals surface area contributed by atoms with Crippen molar-refractivity contribution in [3.05, 3.63) is 0 Å². The summed E-state index contributed by atoms with van der Waals surface area (Å²) in [5, 5.41) is 5.60. The fourth-order valence-electron chi connectivity index (χ4n) is 2.13. The van der Waals surface area contributed by atoms with Crippen molar-refractivity contribution in [2.24, 2.45) is 11.8 Å². The summed E-state index contributed by atoms with van der Waals surface area (Å²) in [6, 6.07) is 0. The fraction of sp³-hybridized carbons (Fsp3) is 0.846. The Morgan fingerprint density at radius 1 is 1.28 bits per heavy atom. The zero-order valence-corrected chi connectivity index (χ0v) is 11.7. The molecule has 0 aromatic carbocycles. The van der Waals surface area contributed by atoms with Crippen LogP contribution < -0.4 is 10.6 Å². The van der Waals surface area contributed by atoms with Gasteiger partial charge in [0.25, 0.3) is 0 Å². The highest BCUT2D eigenvalue weighted by Crippen LogP contribution is 2.16. The largest absolute Gasteiger partial charge is 0.359 e. The summed E-state index contributed by atoms with van der Waals surface area (Å²) in [5.41, 5.74) is 0. The summed E-state index contributed by atoms with van der Waals surface area (Å²) in [7, 11) is 1.67. The van der Waals surface area contributed by atoms with Gasteiger partial charge in [0.15, 0.2) is 0 Å². The van der Waals surface area contributed by atoms with Gasteiger partial charge < -0.3 is 10.6 Å². The minimum atomic E-state index is 0.0853. The summed E-state index contributed by atoms with van der Waals surface area (Å²) in [5.74, 6) is 0.805. The predicted molar refractivity (Wildman–Crippen MR) is 71.1 cm³/mol. The number of hydrogen-bond acceptors (Lipinski definition) is 3. The van der Waals surface area contributed by atoms with Crippen LogP contribution in [0.2, 0.25) is 0 Å². The Kier molecular flexibility index (Phi) is 6.12. The molecule has 1 aliphatic rings. The van der Waals surface area contributed by atoms with Gasteiger partial charge in [-0.15, -0.1) is 0 Å². The minimum absolute atomic E-state index is 0.0853. The van der Waals surface area contributed by atoms with Gasteiger partial charge in [0, 0.05) is 19.5 Å². The van der Waals surface area contributed by atoms with E-state index in [1.165, 1.54) is 0 Å². The number of carbonyl (C=O) groups is 2. The van der Waals surface area contributed by atoms with Gasteiger partial charge in [0.1, 0.15) is 0 Å². The van der Waals surface area contributed by atoms with Crippen molar-refractivity contribution in [3.8, 4) is 0 Å². The van der Waals surface area contributed by atoms with Gasteiger partial charge in [-0.1, -0.05) is 13.8 Å². The molecular formula is C13H25N3O2. The van der Waals surface area contributed by atoms with Crippen molar-refractivity contribution >= 4 is 11.8 Å².